The van der Waals surface area contributed by atoms with Crippen LogP contribution >= 0.6 is 11.6 Å². The number of anilines is 1. The second-order valence-electron chi connectivity index (χ2n) is 11.3. The molecule has 6 nitrogen and oxygen atoms in total. The Bertz CT molecular complexity index is 1350. The van der Waals surface area contributed by atoms with Crippen molar-refractivity contribution in [1.82, 2.24) is 0 Å². The molecule has 202 valence electrons. The summed E-state index contributed by atoms with van der Waals surface area (Å²) in [4.78, 5) is 15.4. The molecule has 1 unspecified atom stereocenters. The summed E-state index contributed by atoms with van der Waals surface area (Å²) in [6.45, 7) is 2.08. The van der Waals surface area contributed by atoms with Gasteiger partial charge >= 0.3 is 0 Å². The fourth-order valence-corrected chi connectivity index (χ4v) is 7.80. The molecule has 2 aromatic carbocycles. The minimum Gasteiger partial charge on any atom is -0.490 e. The highest BCUT2D eigenvalue weighted by Gasteiger charge is 2.44. The first-order chi connectivity index (χ1) is 18.4. The molecule has 2 aromatic rings. The molecule has 6 rings (SSSR count). The highest BCUT2D eigenvalue weighted by molar-refractivity contribution is 7.75. The average Bonchev–Trinajstić information content (AvgIpc) is 3.03. The summed E-state index contributed by atoms with van der Waals surface area (Å²) in [5.74, 6) is 1.22. The van der Waals surface area contributed by atoms with Crippen LogP contribution in [0.2, 0.25) is 5.02 Å². The summed E-state index contributed by atoms with van der Waals surface area (Å²) in [6.07, 6.45) is 9.93. The van der Waals surface area contributed by atoms with Crippen molar-refractivity contribution in [3.05, 3.63) is 70.3 Å². The van der Waals surface area contributed by atoms with Crippen molar-refractivity contribution in [3.63, 3.8) is 0 Å². The number of halogens is 1. The van der Waals surface area contributed by atoms with Crippen molar-refractivity contribution in [2.24, 2.45) is 16.2 Å². The van der Waals surface area contributed by atoms with Crippen molar-refractivity contribution in [2.45, 2.75) is 56.5 Å². The molecular weight excluding hydrogens is 520 g/mol. The van der Waals surface area contributed by atoms with Gasteiger partial charge in [-0.25, -0.2) is 0 Å². The number of rotatable bonds is 0. The molecule has 1 fully saturated rings. The van der Waals surface area contributed by atoms with E-state index < -0.39 is 22.6 Å². The first-order valence-electron chi connectivity index (χ1n) is 13.8. The lowest BCUT2D eigenvalue weighted by atomic mass is 9.68. The molecule has 0 saturated heterocycles. The lowest BCUT2D eigenvalue weighted by Gasteiger charge is -2.45. The Morgan fingerprint density at radius 1 is 1.16 bits per heavy atom. The zero-order valence-electron chi connectivity index (χ0n) is 21.5. The number of carbonyl (C=O) groups excluding carboxylic acids is 1. The quantitative estimate of drug-likeness (QED) is 0.339. The van der Waals surface area contributed by atoms with E-state index in [0.717, 1.165) is 61.7 Å². The fourth-order valence-electron chi connectivity index (χ4n) is 6.73. The minimum absolute atomic E-state index is 0.201. The minimum atomic E-state index is -1.97. The number of nitrogens with zero attached hydrogens (tertiary/aromatic N) is 2. The van der Waals surface area contributed by atoms with Crippen LogP contribution in [0.3, 0.4) is 0 Å². The molecule has 1 N–H and O–H groups in total. The molecule has 1 amide bonds. The second-order valence-corrected chi connectivity index (χ2v) is 13.1. The van der Waals surface area contributed by atoms with Crippen molar-refractivity contribution < 1.29 is 18.8 Å². The summed E-state index contributed by atoms with van der Waals surface area (Å²) in [6, 6.07) is 11.7. The first-order valence-corrected chi connectivity index (χ1v) is 15.6. The molecule has 5 atom stereocenters. The second kappa shape index (κ2) is 10.7. The standard InChI is InChI=1S/C30H35ClN2O4S/c31-23-9-11-25-20(15-23)5-4-13-30(25)18-33-17-22-7-10-24(22)27(34)6-2-1-3-14-38(36)32-29(35)21-8-12-28(37-19-30)26(33)16-21/h2,6,8-9,11-12,15-16,22,24,27,34,38H,1,3-5,7,10,13-14,17-19H2/b6-2+/t22-,24+,27-,30-/m0/s1. The summed E-state index contributed by atoms with van der Waals surface area (Å²) >= 11 is 6.37. The number of aliphatic hydroxyl groups is 1. The smallest absolute Gasteiger partial charge is 0.284 e. The van der Waals surface area contributed by atoms with Crippen LogP contribution in [-0.4, -0.2) is 46.8 Å². The van der Waals surface area contributed by atoms with Crippen LogP contribution in [0, 0.1) is 11.8 Å². The van der Waals surface area contributed by atoms with E-state index in [1.165, 1.54) is 11.1 Å². The molecule has 2 heterocycles. The number of benzene rings is 2. The number of aliphatic hydroxyl groups excluding tert-OH is 1. The first kappa shape index (κ1) is 25.9. The Hall–Kier alpha value is -2.35. The number of aryl methyl sites for hydroxylation is 1. The maximum absolute atomic E-state index is 13.0. The van der Waals surface area contributed by atoms with Gasteiger partial charge in [-0.05, 0) is 98.2 Å². The number of fused-ring (bicyclic) bond motifs is 4. The molecule has 0 radical (unpaired) electrons. The number of hydrogen-bond donors (Lipinski definition) is 2. The average molecular weight is 555 g/mol. The van der Waals surface area contributed by atoms with Gasteiger partial charge in [0.05, 0.1) is 18.4 Å². The summed E-state index contributed by atoms with van der Waals surface area (Å²) in [5, 5.41) is 11.7. The Morgan fingerprint density at radius 2 is 2.05 bits per heavy atom. The zero-order chi connectivity index (χ0) is 26.3. The topological polar surface area (TPSA) is 79.2 Å². The van der Waals surface area contributed by atoms with Crippen molar-refractivity contribution in [2.75, 3.05) is 30.3 Å². The van der Waals surface area contributed by atoms with Crippen molar-refractivity contribution in [1.29, 1.82) is 0 Å². The van der Waals surface area contributed by atoms with Gasteiger partial charge in [0.1, 0.15) is 5.75 Å². The summed E-state index contributed by atoms with van der Waals surface area (Å²) in [5.41, 5.74) is 3.69. The predicted octanol–water partition coefficient (Wildman–Crippen LogP) is 5.36. The number of hydrogen-bond acceptors (Lipinski definition) is 5. The van der Waals surface area contributed by atoms with Gasteiger partial charge in [-0.2, -0.15) is 4.36 Å². The third-order valence-corrected chi connectivity index (χ3v) is 10.2. The van der Waals surface area contributed by atoms with Crippen LogP contribution in [0.4, 0.5) is 5.69 Å². The number of amides is 1. The molecule has 38 heavy (non-hydrogen) atoms. The van der Waals surface area contributed by atoms with Crippen LogP contribution in [0.1, 0.15) is 60.0 Å². The van der Waals surface area contributed by atoms with Gasteiger partial charge in [0, 0.05) is 45.4 Å². The van der Waals surface area contributed by atoms with E-state index in [-0.39, 0.29) is 11.3 Å². The van der Waals surface area contributed by atoms with Gasteiger partial charge in [0.15, 0.2) is 0 Å². The van der Waals surface area contributed by atoms with E-state index in [2.05, 4.69) is 21.4 Å². The van der Waals surface area contributed by atoms with E-state index in [1.807, 2.05) is 30.4 Å². The van der Waals surface area contributed by atoms with Crippen molar-refractivity contribution >= 4 is 33.8 Å². The SMILES string of the molecule is O=C1/N=[SH](=O)\CCC/C=C/[C@H](O)[C@@H]2CC[C@H]2CN2C[C@@]3(CCCc4cc(Cl)ccc43)COc3ccc1cc32. The van der Waals surface area contributed by atoms with Crippen LogP contribution in [0.5, 0.6) is 5.75 Å². The van der Waals surface area contributed by atoms with Crippen LogP contribution in [-0.2, 0) is 22.4 Å². The maximum Gasteiger partial charge on any atom is 0.284 e. The summed E-state index contributed by atoms with van der Waals surface area (Å²) in [7, 11) is -1.97. The number of allylic oxidation sites excluding steroid dienone is 1. The zero-order valence-corrected chi connectivity index (χ0v) is 23.2. The van der Waals surface area contributed by atoms with Crippen LogP contribution in [0.15, 0.2) is 52.9 Å². The molecule has 2 bridgehead atoms. The van der Waals surface area contributed by atoms with Gasteiger partial charge < -0.3 is 14.7 Å². The largest absolute Gasteiger partial charge is 0.490 e. The molecule has 2 aliphatic heterocycles. The monoisotopic (exact) mass is 554 g/mol. The Labute approximate surface area is 231 Å². The number of thiol groups is 1. The summed E-state index contributed by atoms with van der Waals surface area (Å²) < 4.78 is 23.0. The van der Waals surface area contributed by atoms with E-state index in [9.17, 15) is 14.1 Å². The fraction of sp³-hybridized carbons (Fsp3) is 0.500. The molecular formula is C30H35ClN2O4S. The van der Waals surface area contributed by atoms with Gasteiger partial charge in [0.25, 0.3) is 5.91 Å². The van der Waals surface area contributed by atoms with Gasteiger partial charge in [-0.1, -0.05) is 29.8 Å². The van der Waals surface area contributed by atoms with Gasteiger partial charge in [0.2, 0.25) is 0 Å². The molecule has 2 aliphatic carbocycles. The third kappa shape index (κ3) is 5.01. The number of ether oxygens (including phenoxy) is 1. The molecule has 8 heteroatoms. The van der Waals surface area contributed by atoms with E-state index >= 15 is 0 Å². The van der Waals surface area contributed by atoms with Crippen LogP contribution < -0.4 is 9.64 Å². The van der Waals surface area contributed by atoms with E-state index in [1.54, 1.807) is 6.07 Å². The van der Waals surface area contributed by atoms with Gasteiger partial charge in [-0.3, -0.25) is 9.00 Å². The lowest BCUT2D eigenvalue weighted by molar-refractivity contribution is 0.0456. The molecule has 1 saturated carbocycles. The van der Waals surface area contributed by atoms with Crippen molar-refractivity contribution in [3.8, 4) is 5.75 Å². The van der Waals surface area contributed by atoms with Gasteiger partial charge in [-0.15, -0.1) is 0 Å². The third-order valence-electron chi connectivity index (χ3n) is 8.91. The maximum atomic E-state index is 13.0. The Kier molecular flexibility index (Phi) is 7.27. The highest BCUT2D eigenvalue weighted by atomic mass is 35.5. The normalized spacial score (nSPS) is 32.6. The molecule has 0 aromatic heterocycles. The highest BCUT2D eigenvalue weighted by Crippen LogP contribution is 2.46. The van der Waals surface area contributed by atoms with E-state index in [0.29, 0.717) is 36.7 Å². The van der Waals surface area contributed by atoms with Crippen LogP contribution in [0.25, 0.3) is 0 Å². The predicted molar refractivity (Wildman–Crippen MR) is 152 cm³/mol. The molecule has 4 aliphatic rings. The molecule has 1 spiro atoms. The number of carbonyl (C=O) groups is 1. The van der Waals surface area contributed by atoms with E-state index in [4.69, 9.17) is 16.3 Å². The lowest BCUT2D eigenvalue weighted by Crippen LogP contribution is -2.49. The Balaban J connectivity index is 1.43. The Morgan fingerprint density at radius 3 is 2.89 bits per heavy atom.